The van der Waals surface area contributed by atoms with Crippen molar-refractivity contribution in [1.29, 1.82) is 0 Å². The number of pyridine rings is 1. The van der Waals surface area contributed by atoms with E-state index in [0.717, 1.165) is 11.0 Å². The summed E-state index contributed by atoms with van der Waals surface area (Å²) in [5.41, 5.74) is 0.828. The van der Waals surface area contributed by atoms with Gasteiger partial charge in [-0.25, -0.2) is 4.99 Å². The Morgan fingerprint density at radius 2 is 1.64 bits per heavy atom. The summed E-state index contributed by atoms with van der Waals surface area (Å²) in [5, 5.41) is 0. The van der Waals surface area contributed by atoms with E-state index >= 15 is 0 Å². The van der Waals surface area contributed by atoms with Gasteiger partial charge < -0.3 is 14.0 Å². The van der Waals surface area contributed by atoms with Gasteiger partial charge in [0.15, 0.2) is 0 Å². The highest BCUT2D eigenvalue weighted by Crippen LogP contribution is 2.36. The monoisotopic (exact) mass is 302 g/mol. The number of rotatable bonds is 2. The molecule has 2 aliphatic rings. The molecule has 6 heteroatoms. The Labute approximate surface area is 132 Å². The summed E-state index contributed by atoms with van der Waals surface area (Å²) in [4.78, 5) is 8.88. The zero-order chi connectivity index (χ0) is 16.2. The molecule has 5 nitrogen and oxygen atoms in total. The lowest BCUT2D eigenvalue weighted by Gasteiger charge is -2.32. The van der Waals surface area contributed by atoms with Crippen LogP contribution in [0.3, 0.4) is 0 Å². The molecule has 1 saturated heterocycles. The second kappa shape index (κ2) is 4.80. The van der Waals surface area contributed by atoms with E-state index in [-0.39, 0.29) is 16.7 Å². The van der Waals surface area contributed by atoms with Crippen LogP contribution < -0.4 is 5.46 Å². The molecule has 2 aliphatic heterocycles. The first-order chi connectivity index (χ1) is 10.1. The molecule has 0 aromatic carbocycles. The first kappa shape index (κ1) is 15.5. The van der Waals surface area contributed by atoms with Gasteiger partial charge in [-0.3, -0.25) is 4.98 Å². The quantitative estimate of drug-likeness (QED) is 0.783. The molecule has 0 aliphatic carbocycles. The highest BCUT2D eigenvalue weighted by atomic mass is 16.7. The van der Waals surface area contributed by atoms with E-state index in [2.05, 4.69) is 9.98 Å². The second-order valence-electron chi connectivity index (χ2n) is 7.61. The van der Waals surface area contributed by atoms with E-state index in [1.807, 2.05) is 47.6 Å². The molecule has 1 aromatic heterocycles. The predicted octanol–water partition coefficient (Wildman–Crippen LogP) is 1.94. The van der Waals surface area contributed by atoms with Crippen LogP contribution in [0.25, 0.3) is 0 Å². The van der Waals surface area contributed by atoms with Crippen LogP contribution in [0, 0.1) is 0 Å². The van der Waals surface area contributed by atoms with Crippen molar-refractivity contribution in [2.75, 3.05) is 6.61 Å². The Balaban J connectivity index is 1.88. The van der Waals surface area contributed by atoms with Gasteiger partial charge in [-0.1, -0.05) is 0 Å². The fourth-order valence-electron chi connectivity index (χ4n) is 2.42. The maximum Gasteiger partial charge on any atom is 0.496 e. The minimum Gasteiger partial charge on any atom is -0.475 e. The molecule has 0 amide bonds. The highest BCUT2D eigenvalue weighted by molar-refractivity contribution is 6.62. The minimum atomic E-state index is -0.424. The molecule has 0 atom stereocenters. The third kappa shape index (κ3) is 2.65. The van der Waals surface area contributed by atoms with Gasteiger partial charge in [0.25, 0.3) is 0 Å². The van der Waals surface area contributed by atoms with Gasteiger partial charge in [-0.15, -0.1) is 0 Å². The van der Waals surface area contributed by atoms with Gasteiger partial charge in [-0.2, -0.15) is 0 Å². The van der Waals surface area contributed by atoms with Crippen LogP contribution in [0.15, 0.2) is 23.5 Å². The molecule has 0 N–H and O–H groups in total. The number of aliphatic imine (C=N–C) groups is 1. The molecule has 0 unspecified atom stereocenters. The van der Waals surface area contributed by atoms with Gasteiger partial charge in [0.05, 0.1) is 22.3 Å². The molecule has 118 valence electrons. The van der Waals surface area contributed by atoms with Crippen molar-refractivity contribution >= 4 is 18.5 Å². The molecule has 0 bridgehead atoms. The van der Waals surface area contributed by atoms with Crippen molar-refractivity contribution in [3.05, 3.63) is 24.0 Å². The first-order valence-electron chi connectivity index (χ1n) is 7.63. The van der Waals surface area contributed by atoms with Crippen molar-refractivity contribution < 1.29 is 14.0 Å². The van der Waals surface area contributed by atoms with Crippen molar-refractivity contribution in [3.63, 3.8) is 0 Å². The van der Waals surface area contributed by atoms with E-state index in [1.165, 1.54) is 0 Å². The van der Waals surface area contributed by atoms with Crippen molar-refractivity contribution in [1.82, 2.24) is 4.98 Å². The summed E-state index contributed by atoms with van der Waals surface area (Å²) < 4.78 is 17.8. The molecule has 3 heterocycles. The Morgan fingerprint density at radius 1 is 1.00 bits per heavy atom. The number of ether oxygens (including phenoxy) is 1. The third-order valence-corrected chi connectivity index (χ3v) is 4.50. The fourth-order valence-corrected chi connectivity index (χ4v) is 2.42. The van der Waals surface area contributed by atoms with Crippen molar-refractivity contribution in [2.24, 2.45) is 4.99 Å². The fraction of sp³-hybridized carbons (Fsp3) is 0.625. The zero-order valence-electron chi connectivity index (χ0n) is 14.1. The Bertz CT molecular complexity index is 610. The lowest BCUT2D eigenvalue weighted by atomic mass is 9.80. The minimum absolute atomic E-state index is 0.185. The summed E-state index contributed by atoms with van der Waals surface area (Å²) in [7, 11) is -0.424. The SMILES string of the molecule is CC1(C)COC(c2cncc(B3OC(C)(C)C(C)(C)O3)c2)=N1. The second-order valence-corrected chi connectivity index (χ2v) is 7.61. The summed E-state index contributed by atoms with van der Waals surface area (Å²) in [6.07, 6.45) is 3.53. The Kier molecular flexibility index (Phi) is 3.38. The molecule has 0 saturated carbocycles. The molecular formula is C16H23BN2O3. The van der Waals surface area contributed by atoms with Gasteiger partial charge in [0.2, 0.25) is 5.90 Å². The average molecular weight is 302 g/mol. The number of aromatic nitrogens is 1. The summed E-state index contributed by atoms with van der Waals surface area (Å²) in [5.74, 6) is 0.635. The molecule has 1 fully saturated rings. The first-order valence-corrected chi connectivity index (χ1v) is 7.63. The van der Waals surface area contributed by atoms with Crippen LogP contribution in [0.4, 0.5) is 0 Å². The van der Waals surface area contributed by atoms with E-state index in [1.54, 1.807) is 12.4 Å². The Morgan fingerprint density at radius 3 is 2.18 bits per heavy atom. The van der Waals surface area contributed by atoms with Gasteiger partial charge in [-0.05, 0) is 47.6 Å². The Hall–Kier alpha value is -1.40. The third-order valence-electron chi connectivity index (χ3n) is 4.50. The lowest BCUT2D eigenvalue weighted by molar-refractivity contribution is 0.00578. The summed E-state index contributed by atoms with van der Waals surface area (Å²) >= 11 is 0. The standard InChI is InChI=1S/C16H23BN2O3/c1-14(2)10-20-13(19-14)11-7-12(9-18-8-11)17-21-15(3,4)16(5,6)22-17/h7-9H,10H2,1-6H3. The molecular weight excluding hydrogens is 279 g/mol. The smallest absolute Gasteiger partial charge is 0.475 e. The lowest BCUT2D eigenvalue weighted by Crippen LogP contribution is -2.41. The average Bonchev–Trinajstić information content (AvgIpc) is 2.87. The number of nitrogens with zero attached hydrogens (tertiary/aromatic N) is 2. The largest absolute Gasteiger partial charge is 0.496 e. The van der Waals surface area contributed by atoms with E-state index < -0.39 is 7.12 Å². The van der Waals surface area contributed by atoms with E-state index in [0.29, 0.717) is 12.5 Å². The van der Waals surface area contributed by atoms with Gasteiger partial charge >= 0.3 is 7.12 Å². The van der Waals surface area contributed by atoms with Crippen LogP contribution in [0.2, 0.25) is 0 Å². The molecule has 3 rings (SSSR count). The molecule has 1 aromatic rings. The van der Waals surface area contributed by atoms with E-state index in [9.17, 15) is 0 Å². The molecule has 22 heavy (non-hydrogen) atoms. The van der Waals surface area contributed by atoms with Crippen LogP contribution in [-0.2, 0) is 14.0 Å². The number of hydrogen-bond donors (Lipinski definition) is 0. The van der Waals surface area contributed by atoms with Crippen LogP contribution >= 0.6 is 0 Å². The van der Waals surface area contributed by atoms with Crippen LogP contribution in [0.5, 0.6) is 0 Å². The molecule has 0 radical (unpaired) electrons. The predicted molar refractivity (Wildman–Crippen MR) is 86.5 cm³/mol. The summed E-state index contributed by atoms with van der Waals surface area (Å²) in [6, 6.07) is 1.98. The van der Waals surface area contributed by atoms with Crippen LogP contribution in [-0.4, -0.2) is 41.3 Å². The normalized spacial score (nSPS) is 25.0. The number of hydrogen-bond acceptors (Lipinski definition) is 5. The van der Waals surface area contributed by atoms with E-state index in [4.69, 9.17) is 14.0 Å². The van der Waals surface area contributed by atoms with Gasteiger partial charge in [0, 0.05) is 17.9 Å². The van der Waals surface area contributed by atoms with Crippen LogP contribution in [0.1, 0.15) is 47.1 Å². The molecule has 0 spiro atoms. The zero-order valence-corrected chi connectivity index (χ0v) is 14.1. The van der Waals surface area contributed by atoms with Crippen molar-refractivity contribution in [2.45, 2.75) is 58.3 Å². The topological polar surface area (TPSA) is 52.9 Å². The maximum absolute atomic E-state index is 6.07. The van der Waals surface area contributed by atoms with Gasteiger partial charge in [0.1, 0.15) is 6.61 Å². The highest BCUT2D eigenvalue weighted by Gasteiger charge is 2.51. The van der Waals surface area contributed by atoms with Crippen molar-refractivity contribution in [3.8, 4) is 0 Å². The maximum atomic E-state index is 6.07. The summed E-state index contributed by atoms with van der Waals surface area (Å²) in [6.45, 7) is 12.8.